The summed E-state index contributed by atoms with van der Waals surface area (Å²) in [7, 11) is 1.21. The molecule has 0 bridgehead atoms. The average Bonchev–Trinajstić information content (AvgIpc) is 2.73. The molecule has 3 N–H and O–H groups in total. The number of ether oxygens (including phenoxy) is 3. The maximum absolute atomic E-state index is 13.0. The molecule has 2 aromatic carbocycles. The standard InChI is InChI=1S/C21H14Cl2F3N3O5/c1-32-16-9-12(34-21(24,25)26)2-3-15(16)33-17-7-10(22)6-13(23)18(17)20(31)29-11-4-5-28-14(8-11)19(27)30/h2-9H,1H3,(H2,27,30)(H,28,29,31). The molecule has 0 aliphatic rings. The molecule has 0 aliphatic heterocycles. The Morgan fingerprint density at radius 2 is 1.76 bits per heavy atom. The number of halogens is 5. The lowest BCUT2D eigenvalue weighted by Crippen LogP contribution is -2.17. The molecule has 0 atom stereocenters. The van der Waals surface area contributed by atoms with Gasteiger partial charge in [-0.15, -0.1) is 13.2 Å². The number of hydrogen-bond acceptors (Lipinski definition) is 6. The Kier molecular flexibility index (Phi) is 7.38. The lowest BCUT2D eigenvalue weighted by atomic mass is 10.1. The highest BCUT2D eigenvalue weighted by Crippen LogP contribution is 2.40. The first-order chi connectivity index (χ1) is 16.0. The van der Waals surface area contributed by atoms with Crippen LogP contribution in [-0.2, 0) is 0 Å². The van der Waals surface area contributed by atoms with E-state index in [1.807, 2.05) is 0 Å². The van der Waals surface area contributed by atoms with Crippen LogP contribution in [0.15, 0.2) is 48.7 Å². The van der Waals surface area contributed by atoms with Gasteiger partial charge in [0.2, 0.25) is 0 Å². The fourth-order valence-corrected chi connectivity index (χ4v) is 3.30. The highest BCUT2D eigenvalue weighted by atomic mass is 35.5. The number of hydrogen-bond donors (Lipinski definition) is 2. The summed E-state index contributed by atoms with van der Waals surface area (Å²) in [4.78, 5) is 28.1. The minimum absolute atomic E-state index is 0.0515. The van der Waals surface area contributed by atoms with Gasteiger partial charge in [-0.05, 0) is 30.3 Å². The fourth-order valence-electron chi connectivity index (χ4n) is 2.74. The van der Waals surface area contributed by atoms with Gasteiger partial charge in [0.1, 0.15) is 22.8 Å². The van der Waals surface area contributed by atoms with Gasteiger partial charge >= 0.3 is 6.36 Å². The zero-order valence-electron chi connectivity index (χ0n) is 17.1. The van der Waals surface area contributed by atoms with Crippen molar-refractivity contribution in [2.75, 3.05) is 12.4 Å². The lowest BCUT2D eigenvalue weighted by Gasteiger charge is -2.16. The van der Waals surface area contributed by atoms with E-state index in [4.69, 9.17) is 38.4 Å². The van der Waals surface area contributed by atoms with E-state index in [0.717, 1.165) is 18.2 Å². The van der Waals surface area contributed by atoms with Gasteiger partial charge < -0.3 is 25.3 Å². The molecule has 1 heterocycles. The van der Waals surface area contributed by atoms with Gasteiger partial charge in [0.15, 0.2) is 11.5 Å². The second-order valence-electron chi connectivity index (χ2n) is 6.47. The van der Waals surface area contributed by atoms with Gasteiger partial charge in [0, 0.05) is 29.0 Å². The highest BCUT2D eigenvalue weighted by Gasteiger charge is 2.31. The summed E-state index contributed by atoms with van der Waals surface area (Å²) < 4.78 is 52.2. The molecule has 178 valence electrons. The molecule has 13 heteroatoms. The van der Waals surface area contributed by atoms with Gasteiger partial charge in [-0.25, -0.2) is 0 Å². The Labute approximate surface area is 200 Å². The smallest absolute Gasteiger partial charge is 0.493 e. The predicted octanol–water partition coefficient (Wildman–Crippen LogP) is 5.44. The van der Waals surface area contributed by atoms with Crippen molar-refractivity contribution < 1.29 is 37.0 Å². The largest absolute Gasteiger partial charge is 0.573 e. The number of aromatic nitrogens is 1. The van der Waals surface area contributed by atoms with Crippen molar-refractivity contribution in [1.29, 1.82) is 0 Å². The van der Waals surface area contributed by atoms with Gasteiger partial charge in [-0.2, -0.15) is 0 Å². The van der Waals surface area contributed by atoms with Crippen molar-refractivity contribution in [1.82, 2.24) is 4.98 Å². The summed E-state index contributed by atoms with van der Waals surface area (Å²) in [5, 5.41) is 2.57. The highest BCUT2D eigenvalue weighted by molar-refractivity contribution is 6.37. The van der Waals surface area contributed by atoms with Gasteiger partial charge in [-0.3, -0.25) is 14.6 Å². The van der Waals surface area contributed by atoms with Crippen LogP contribution in [0.25, 0.3) is 0 Å². The first-order valence-corrected chi connectivity index (χ1v) is 9.90. The average molecular weight is 516 g/mol. The summed E-state index contributed by atoms with van der Waals surface area (Å²) in [5.74, 6) is -2.37. The van der Waals surface area contributed by atoms with E-state index < -0.39 is 23.9 Å². The molecule has 0 aliphatic carbocycles. The monoisotopic (exact) mass is 515 g/mol. The third-order valence-corrected chi connectivity index (χ3v) is 4.62. The first-order valence-electron chi connectivity index (χ1n) is 9.14. The Bertz CT molecular complexity index is 1250. The van der Waals surface area contributed by atoms with E-state index in [-0.39, 0.29) is 44.2 Å². The number of carbonyl (C=O) groups excluding carboxylic acids is 2. The number of amides is 2. The van der Waals surface area contributed by atoms with Crippen LogP contribution in [0.2, 0.25) is 10.0 Å². The number of rotatable bonds is 7. The zero-order valence-corrected chi connectivity index (χ0v) is 18.6. The maximum Gasteiger partial charge on any atom is 0.573 e. The molecule has 1 aromatic heterocycles. The van der Waals surface area contributed by atoms with Crippen molar-refractivity contribution in [2.24, 2.45) is 5.73 Å². The second-order valence-corrected chi connectivity index (χ2v) is 7.32. The van der Waals surface area contributed by atoms with E-state index in [1.165, 1.54) is 37.6 Å². The van der Waals surface area contributed by atoms with Crippen LogP contribution >= 0.6 is 23.2 Å². The summed E-state index contributed by atoms with van der Waals surface area (Å²) in [6, 6.07) is 8.35. The molecule has 0 unspecified atom stereocenters. The van der Waals surface area contributed by atoms with Crippen LogP contribution in [0.5, 0.6) is 23.0 Å². The van der Waals surface area contributed by atoms with Crippen molar-refractivity contribution in [3.05, 3.63) is 70.0 Å². The number of anilines is 1. The quantitative estimate of drug-likeness (QED) is 0.433. The van der Waals surface area contributed by atoms with Crippen LogP contribution in [0.4, 0.5) is 18.9 Å². The number of methoxy groups -OCH3 is 1. The predicted molar refractivity (Wildman–Crippen MR) is 117 cm³/mol. The molecule has 0 fully saturated rings. The fraction of sp³-hybridized carbons (Fsp3) is 0.0952. The third kappa shape index (κ3) is 6.21. The number of nitrogens with one attached hydrogen (secondary N) is 1. The SMILES string of the molecule is COc1cc(OC(F)(F)F)ccc1Oc1cc(Cl)cc(Cl)c1C(=O)Nc1ccnc(C(N)=O)c1. The molecule has 3 rings (SSSR count). The van der Waals surface area contributed by atoms with E-state index in [1.54, 1.807) is 0 Å². The van der Waals surface area contributed by atoms with Crippen molar-refractivity contribution in [3.8, 4) is 23.0 Å². The van der Waals surface area contributed by atoms with Gasteiger partial charge in [-0.1, -0.05) is 23.2 Å². The molecular weight excluding hydrogens is 502 g/mol. The van der Waals surface area contributed by atoms with Crippen LogP contribution in [0.3, 0.4) is 0 Å². The zero-order chi connectivity index (χ0) is 25.0. The normalized spacial score (nSPS) is 11.0. The first kappa shape index (κ1) is 24.9. The van der Waals surface area contributed by atoms with Crippen LogP contribution in [-0.4, -0.2) is 30.3 Å². The van der Waals surface area contributed by atoms with Crippen LogP contribution in [0, 0.1) is 0 Å². The molecule has 0 saturated carbocycles. The molecule has 0 radical (unpaired) electrons. The molecular formula is C21H14Cl2F3N3O5. The summed E-state index contributed by atoms with van der Waals surface area (Å²) in [6.45, 7) is 0. The minimum Gasteiger partial charge on any atom is -0.493 e. The van der Waals surface area contributed by atoms with Crippen LogP contribution < -0.4 is 25.3 Å². The lowest BCUT2D eigenvalue weighted by molar-refractivity contribution is -0.274. The number of nitrogens with two attached hydrogens (primary N) is 1. The number of nitrogens with zero attached hydrogens (tertiary/aromatic N) is 1. The Morgan fingerprint density at radius 1 is 1.03 bits per heavy atom. The van der Waals surface area contributed by atoms with Gasteiger partial charge in [0.05, 0.1) is 12.1 Å². The van der Waals surface area contributed by atoms with Gasteiger partial charge in [0.25, 0.3) is 11.8 Å². The van der Waals surface area contributed by atoms with E-state index in [0.29, 0.717) is 0 Å². The number of carbonyl (C=O) groups is 2. The summed E-state index contributed by atoms with van der Waals surface area (Å²) in [5.41, 5.74) is 5.15. The third-order valence-electron chi connectivity index (χ3n) is 4.10. The Morgan fingerprint density at radius 3 is 2.41 bits per heavy atom. The molecule has 34 heavy (non-hydrogen) atoms. The summed E-state index contributed by atoms with van der Waals surface area (Å²) >= 11 is 12.3. The molecule has 3 aromatic rings. The van der Waals surface area contributed by atoms with E-state index >= 15 is 0 Å². The molecule has 0 spiro atoms. The number of benzene rings is 2. The summed E-state index contributed by atoms with van der Waals surface area (Å²) in [6.07, 6.45) is -3.63. The number of pyridine rings is 1. The Hall–Kier alpha value is -3.70. The second kappa shape index (κ2) is 10.1. The topological polar surface area (TPSA) is 113 Å². The molecule has 0 saturated heterocycles. The number of alkyl halides is 3. The van der Waals surface area contributed by atoms with Crippen molar-refractivity contribution in [2.45, 2.75) is 6.36 Å². The molecule has 8 nitrogen and oxygen atoms in total. The van der Waals surface area contributed by atoms with E-state index in [2.05, 4.69) is 15.0 Å². The minimum atomic E-state index is -4.90. The Balaban J connectivity index is 1.95. The van der Waals surface area contributed by atoms with E-state index in [9.17, 15) is 22.8 Å². The molecule has 2 amide bonds. The van der Waals surface area contributed by atoms with Crippen molar-refractivity contribution >= 4 is 40.7 Å². The maximum atomic E-state index is 13.0. The number of primary amides is 1. The van der Waals surface area contributed by atoms with Crippen molar-refractivity contribution in [3.63, 3.8) is 0 Å². The van der Waals surface area contributed by atoms with Crippen LogP contribution in [0.1, 0.15) is 20.8 Å².